The Morgan fingerprint density at radius 1 is 1.26 bits per heavy atom. The number of guanidine groups is 1. The van der Waals surface area contributed by atoms with Crippen molar-refractivity contribution in [3.8, 4) is 5.75 Å². The molecule has 0 aromatic heterocycles. The normalized spacial score (nSPS) is 19.4. The molecule has 0 amide bonds. The van der Waals surface area contributed by atoms with Crippen molar-refractivity contribution in [2.45, 2.75) is 38.8 Å². The summed E-state index contributed by atoms with van der Waals surface area (Å²) < 4.78 is 5.17. The van der Waals surface area contributed by atoms with E-state index in [4.69, 9.17) is 4.74 Å². The maximum Gasteiger partial charge on any atom is 0.191 e. The fourth-order valence-corrected chi connectivity index (χ4v) is 2.96. The first-order valence-electron chi connectivity index (χ1n) is 8.54. The molecule has 0 radical (unpaired) electrons. The number of methoxy groups -OCH3 is 1. The Morgan fingerprint density at radius 2 is 2.04 bits per heavy atom. The number of hydrogen-bond acceptors (Lipinski definition) is 3. The summed E-state index contributed by atoms with van der Waals surface area (Å²) in [7, 11) is 3.50. The molecule has 1 aliphatic rings. The lowest BCUT2D eigenvalue weighted by Crippen LogP contribution is -2.45. The van der Waals surface area contributed by atoms with Crippen molar-refractivity contribution in [2.24, 2.45) is 4.99 Å². The van der Waals surface area contributed by atoms with E-state index in [0.717, 1.165) is 31.3 Å². The van der Waals surface area contributed by atoms with Gasteiger partial charge in [0.15, 0.2) is 5.96 Å². The van der Waals surface area contributed by atoms with Crippen LogP contribution in [0.4, 0.5) is 0 Å². The van der Waals surface area contributed by atoms with E-state index in [1.165, 1.54) is 31.4 Å². The van der Waals surface area contributed by atoms with E-state index in [-0.39, 0.29) is 0 Å². The molecule has 5 nitrogen and oxygen atoms in total. The molecule has 0 aliphatic carbocycles. The Balaban J connectivity index is 1.70. The quantitative estimate of drug-likeness (QED) is 0.624. The predicted molar refractivity (Wildman–Crippen MR) is 96.1 cm³/mol. The van der Waals surface area contributed by atoms with Gasteiger partial charge in [0.05, 0.1) is 7.11 Å². The Bertz CT molecular complexity index is 486. The van der Waals surface area contributed by atoms with Crippen LogP contribution in [0.3, 0.4) is 0 Å². The van der Waals surface area contributed by atoms with Crippen LogP contribution in [0.1, 0.15) is 31.7 Å². The molecular weight excluding hydrogens is 288 g/mol. The summed E-state index contributed by atoms with van der Waals surface area (Å²) in [4.78, 5) is 6.85. The average molecular weight is 318 g/mol. The van der Waals surface area contributed by atoms with Crippen molar-refractivity contribution < 1.29 is 4.74 Å². The van der Waals surface area contributed by atoms with Crippen LogP contribution in [0.2, 0.25) is 0 Å². The second-order valence-corrected chi connectivity index (χ2v) is 6.08. The van der Waals surface area contributed by atoms with E-state index in [1.807, 2.05) is 19.2 Å². The summed E-state index contributed by atoms with van der Waals surface area (Å²) in [5.74, 6) is 1.73. The van der Waals surface area contributed by atoms with Gasteiger partial charge in [-0.25, -0.2) is 0 Å². The number of nitrogens with zero attached hydrogens (tertiary/aromatic N) is 2. The zero-order chi connectivity index (χ0) is 16.5. The summed E-state index contributed by atoms with van der Waals surface area (Å²) in [6.07, 6.45) is 4.02. The molecule has 0 bridgehead atoms. The van der Waals surface area contributed by atoms with E-state index in [0.29, 0.717) is 6.04 Å². The first-order valence-corrected chi connectivity index (χ1v) is 8.54. The molecule has 0 spiro atoms. The third kappa shape index (κ3) is 5.75. The number of hydrogen-bond donors (Lipinski definition) is 2. The van der Waals surface area contributed by atoms with Gasteiger partial charge in [-0.05, 0) is 44.0 Å². The third-order valence-electron chi connectivity index (χ3n) is 4.47. The first-order chi connectivity index (χ1) is 11.2. The van der Waals surface area contributed by atoms with Crippen LogP contribution in [0.25, 0.3) is 0 Å². The highest BCUT2D eigenvalue weighted by atomic mass is 16.5. The average Bonchev–Trinajstić information content (AvgIpc) is 2.60. The van der Waals surface area contributed by atoms with Gasteiger partial charge in [-0.2, -0.15) is 0 Å². The number of benzene rings is 1. The molecule has 1 saturated heterocycles. The summed E-state index contributed by atoms with van der Waals surface area (Å²) in [5, 5.41) is 6.75. The van der Waals surface area contributed by atoms with Gasteiger partial charge >= 0.3 is 0 Å². The summed E-state index contributed by atoms with van der Waals surface area (Å²) >= 11 is 0. The van der Waals surface area contributed by atoms with Crippen LogP contribution in [0.5, 0.6) is 5.75 Å². The van der Waals surface area contributed by atoms with E-state index in [1.54, 1.807) is 7.11 Å². The number of nitrogens with one attached hydrogen (secondary N) is 2. The summed E-state index contributed by atoms with van der Waals surface area (Å²) in [6.45, 7) is 6.30. The minimum Gasteiger partial charge on any atom is -0.497 e. The topological polar surface area (TPSA) is 48.9 Å². The lowest BCUT2D eigenvalue weighted by molar-refractivity contribution is 0.163. The van der Waals surface area contributed by atoms with Gasteiger partial charge in [-0.15, -0.1) is 0 Å². The zero-order valence-electron chi connectivity index (χ0n) is 14.6. The summed E-state index contributed by atoms with van der Waals surface area (Å²) in [5.41, 5.74) is 1.21. The van der Waals surface area contributed by atoms with Crippen LogP contribution in [-0.2, 0) is 6.54 Å². The molecule has 2 N–H and O–H groups in total. The first kappa shape index (κ1) is 17.6. The van der Waals surface area contributed by atoms with Gasteiger partial charge in [-0.3, -0.25) is 9.89 Å². The van der Waals surface area contributed by atoms with E-state index >= 15 is 0 Å². The fraction of sp³-hybridized carbons (Fsp3) is 0.611. The Morgan fingerprint density at radius 3 is 2.70 bits per heavy atom. The molecule has 0 saturated carbocycles. The van der Waals surface area contributed by atoms with Gasteiger partial charge in [0.2, 0.25) is 0 Å². The van der Waals surface area contributed by atoms with Gasteiger partial charge in [0.25, 0.3) is 0 Å². The number of rotatable bonds is 6. The van der Waals surface area contributed by atoms with Crippen molar-refractivity contribution in [1.82, 2.24) is 15.5 Å². The molecule has 1 aromatic rings. The van der Waals surface area contributed by atoms with Gasteiger partial charge in [-0.1, -0.05) is 18.6 Å². The van der Waals surface area contributed by atoms with Crippen LogP contribution in [0.15, 0.2) is 29.3 Å². The molecular formula is C18H30N4O. The summed E-state index contributed by atoms with van der Waals surface area (Å²) in [6, 6.07) is 8.79. The minimum absolute atomic E-state index is 0.708. The molecule has 1 aromatic carbocycles. The zero-order valence-corrected chi connectivity index (χ0v) is 14.6. The van der Waals surface area contributed by atoms with Crippen LogP contribution < -0.4 is 15.4 Å². The van der Waals surface area contributed by atoms with Crippen LogP contribution in [0, 0.1) is 0 Å². The van der Waals surface area contributed by atoms with Crippen molar-refractivity contribution in [1.29, 1.82) is 0 Å². The van der Waals surface area contributed by atoms with Gasteiger partial charge in [0, 0.05) is 32.7 Å². The Kier molecular flexibility index (Phi) is 7.20. The molecule has 128 valence electrons. The Labute approximate surface area is 140 Å². The number of likely N-dealkylation sites (tertiary alicyclic amines) is 1. The van der Waals surface area contributed by atoms with Crippen molar-refractivity contribution in [3.05, 3.63) is 29.8 Å². The Hall–Kier alpha value is -1.75. The van der Waals surface area contributed by atoms with Gasteiger partial charge < -0.3 is 15.4 Å². The highest BCUT2D eigenvalue weighted by Crippen LogP contribution is 2.15. The van der Waals surface area contributed by atoms with Crippen LogP contribution >= 0.6 is 0 Å². The molecule has 5 heteroatoms. The van der Waals surface area contributed by atoms with Crippen molar-refractivity contribution in [3.63, 3.8) is 0 Å². The maximum absolute atomic E-state index is 5.17. The smallest absolute Gasteiger partial charge is 0.191 e. The maximum atomic E-state index is 5.17. The second kappa shape index (κ2) is 9.40. The van der Waals surface area contributed by atoms with Crippen molar-refractivity contribution in [2.75, 3.05) is 33.8 Å². The highest BCUT2D eigenvalue weighted by molar-refractivity contribution is 5.79. The molecule has 1 atom stereocenters. The lowest BCUT2D eigenvalue weighted by Gasteiger charge is -2.33. The predicted octanol–water partition coefficient (Wildman–Crippen LogP) is 2.23. The monoisotopic (exact) mass is 318 g/mol. The fourth-order valence-electron chi connectivity index (χ4n) is 2.96. The lowest BCUT2D eigenvalue weighted by atomic mass is 10.0. The highest BCUT2D eigenvalue weighted by Gasteiger charge is 2.17. The molecule has 1 heterocycles. The number of aliphatic imine (C=N–C) groups is 1. The van der Waals surface area contributed by atoms with Crippen molar-refractivity contribution >= 4 is 5.96 Å². The molecule has 23 heavy (non-hydrogen) atoms. The molecule has 2 rings (SSSR count). The van der Waals surface area contributed by atoms with Crippen LogP contribution in [-0.4, -0.2) is 50.7 Å². The molecule has 1 fully saturated rings. The minimum atomic E-state index is 0.708. The van der Waals surface area contributed by atoms with E-state index < -0.39 is 0 Å². The SMILES string of the molecule is CN=C(NCCN1CCCCC1C)NCc1ccc(OC)cc1. The number of ether oxygens (including phenoxy) is 1. The van der Waals surface area contributed by atoms with Gasteiger partial charge in [0.1, 0.15) is 5.75 Å². The number of piperidine rings is 1. The molecule has 1 aliphatic heterocycles. The standard InChI is InChI=1S/C18H30N4O/c1-15-6-4-5-12-22(15)13-11-20-18(19-2)21-14-16-7-9-17(23-3)10-8-16/h7-10,15H,4-6,11-14H2,1-3H3,(H2,19,20,21). The third-order valence-corrected chi connectivity index (χ3v) is 4.47. The van der Waals surface area contributed by atoms with E-state index in [9.17, 15) is 0 Å². The van der Waals surface area contributed by atoms with E-state index in [2.05, 4.69) is 39.6 Å². The molecule has 1 unspecified atom stereocenters. The second-order valence-electron chi connectivity index (χ2n) is 6.08. The largest absolute Gasteiger partial charge is 0.497 e.